The lowest BCUT2D eigenvalue weighted by atomic mass is 10.1. The average molecular weight is 413 g/mol. The van der Waals surface area contributed by atoms with Gasteiger partial charge in [0.15, 0.2) is 0 Å². The van der Waals surface area contributed by atoms with Crippen LogP contribution in [0.5, 0.6) is 0 Å². The summed E-state index contributed by atoms with van der Waals surface area (Å²) in [5.41, 5.74) is 5.31. The summed E-state index contributed by atoms with van der Waals surface area (Å²) in [6.07, 6.45) is 3.86. The minimum atomic E-state index is -0.368. The van der Waals surface area contributed by atoms with Crippen molar-refractivity contribution in [1.29, 1.82) is 0 Å². The van der Waals surface area contributed by atoms with Gasteiger partial charge in [-0.3, -0.25) is 0 Å². The van der Waals surface area contributed by atoms with Crippen LogP contribution in [0.1, 0.15) is 25.7 Å². The number of hydrogen-bond acceptors (Lipinski definition) is 7. The molecule has 0 heterocycles. The molecule has 1 amide bonds. The van der Waals surface area contributed by atoms with Gasteiger partial charge in [-0.15, -0.1) is 11.8 Å². The number of rotatable bonds is 16. The van der Waals surface area contributed by atoms with Crippen molar-refractivity contribution in [1.82, 2.24) is 5.32 Å². The first-order valence-corrected chi connectivity index (χ1v) is 10.7. The van der Waals surface area contributed by atoms with E-state index in [4.69, 9.17) is 29.4 Å². The van der Waals surface area contributed by atoms with Crippen LogP contribution in [0, 0.1) is 29.6 Å². The molecule has 1 saturated carbocycles. The molecule has 166 valence electrons. The molecular formula is C21H36N2O6. The van der Waals surface area contributed by atoms with Crippen LogP contribution in [0.25, 0.3) is 0 Å². The largest absolute Gasteiger partial charge is 0.449 e. The molecule has 8 nitrogen and oxygen atoms in total. The van der Waals surface area contributed by atoms with Crippen LogP contribution >= 0.6 is 0 Å². The van der Waals surface area contributed by atoms with Gasteiger partial charge in [-0.1, -0.05) is 0 Å². The predicted molar refractivity (Wildman–Crippen MR) is 108 cm³/mol. The molecule has 2 aliphatic rings. The molecule has 0 aliphatic heterocycles. The van der Waals surface area contributed by atoms with Crippen LogP contribution in [-0.2, 0) is 23.7 Å². The molecule has 0 bridgehead atoms. The van der Waals surface area contributed by atoms with Gasteiger partial charge in [0.1, 0.15) is 0 Å². The fraction of sp³-hybridized carbons (Fsp3) is 0.857. The van der Waals surface area contributed by atoms with Gasteiger partial charge >= 0.3 is 6.09 Å². The minimum absolute atomic E-state index is 0.368. The minimum Gasteiger partial charge on any atom is -0.449 e. The summed E-state index contributed by atoms with van der Waals surface area (Å²) >= 11 is 0. The van der Waals surface area contributed by atoms with Crippen molar-refractivity contribution in [3.8, 4) is 11.8 Å². The highest BCUT2D eigenvalue weighted by molar-refractivity contribution is 5.67. The number of carbonyl (C=O) groups excluding carboxylic acids is 1. The molecule has 2 rings (SSSR count). The molecule has 2 aliphatic carbocycles. The third-order valence-electron chi connectivity index (χ3n) is 5.14. The van der Waals surface area contributed by atoms with Gasteiger partial charge < -0.3 is 34.7 Å². The highest BCUT2D eigenvalue weighted by atomic mass is 16.6. The van der Waals surface area contributed by atoms with E-state index >= 15 is 0 Å². The Balaban J connectivity index is 1.31. The van der Waals surface area contributed by atoms with Gasteiger partial charge in [-0.25, -0.2) is 4.79 Å². The number of nitrogens with two attached hydrogens (primary N) is 1. The van der Waals surface area contributed by atoms with Crippen molar-refractivity contribution < 1.29 is 28.5 Å². The fourth-order valence-electron chi connectivity index (χ4n) is 3.58. The Morgan fingerprint density at radius 2 is 1.34 bits per heavy atom. The lowest BCUT2D eigenvalue weighted by Crippen LogP contribution is -2.29. The summed E-state index contributed by atoms with van der Waals surface area (Å²) in [5.74, 6) is 8.28. The molecule has 2 atom stereocenters. The van der Waals surface area contributed by atoms with E-state index in [1.807, 2.05) is 0 Å². The van der Waals surface area contributed by atoms with Crippen molar-refractivity contribution >= 4 is 6.09 Å². The Morgan fingerprint density at radius 3 is 1.90 bits per heavy atom. The summed E-state index contributed by atoms with van der Waals surface area (Å²) in [6, 6.07) is 0. The number of nitrogens with one attached hydrogen (secondary N) is 1. The fourth-order valence-corrected chi connectivity index (χ4v) is 3.58. The number of alkyl carbamates (subject to hydrolysis) is 1. The first-order valence-electron chi connectivity index (χ1n) is 10.7. The molecular weight excluding hydrogens is 376 g/mol. The van der Waals surface area contributed by atoms with Crippen LogP contribution in [-0.4, -0.2) is 78.6 Å². The van der Waals surface area contributed by atoms with E-state index in [2.05, 4.69) is 17.2 Å². The number of hydrogen-bond donors (Lipinski definition) is 2. The summed E-state index contributed by atoms with van der Waals surface area (Å²) in [4.78, 5) is 11.8. The molecule has 0 aromatic rings. The molecule has 2 unspecified atom stereocenters. The predicted octanol–water partition coefficient (Wildman–Crippen LogP) is 1.18. The lowest BCUT2D eigenvalue weighted by Gasteiger charge is -2.08. The Hall–Kier alpha value is -1.37. The van der Waals surface area contributed by atoms with Gasteiger partial charge in [-0.2, -0.15) is 0 Å². The highest BCUT2D eigenvalue weighted by Gasteiger charge is 2.49. The van der Waals surface area contributed by atoms with E-state index in [1.54, 1.807) is 0 Å². The smallest absolute Gasteiger partial charge is 0.407 e. The average Bonchev–Trinajstić information content (AvgIpc) is 3.35. The summed E-state index contributed by atoms with van der Waals surface area (Å²) in [6.45, 7) is 5.54. The molecule has 0 aromatic carbocycles. The van der Waals surface area contributed by atoms with Crippen LogP contribution < -0.4 is 11.1 Å². The van der Waals surface area contributed by atoms with Gasteiger partial charge in [0.2, 0.25) is 0 Å². The van der Waals surface area contributed by atoms with Gasteiger partial charge in [0.05, 0.1) is 59.5 Å². The molecule has 3 N–H and O–H groups in total. The molecule has 0 saturated heterocycles. The summed E-state index contributed by atoms with van der Waals surface area (Å²) < 4.78 is 26.7. The van der Waals surface area contributed by atoms with Crippen LogP contribution in [0.2, 0.25) is 0 Å². The number of carbonyl (C=O) groups is 1. The number of fused-ring (bicyclic) bond motifs is 1. The zero-order chi connectivity index (χ0) is 20.6. The van der Waals surface area contributed by atoms with E-state index in [1.165, 1.54) is 0 Å². The third-order valence-corrected chi connectivity index (χ3v) is 5.14. The van der Waals surface area contributed by atoms with E-state index in [0.717, 1.165) is 25.7 Å². The standard InChI is InChI=1S/C21H36N2O6/c22-7-9-25-11-13-27-15-16-28-14-12-26-10-8-23-21(24)29-17-20-18-5-3-1-2-4-6-19(18)20/h18-20H,3-17,22H2,(H,23,24). The summed E-state index contributed by atoms with van der Waals surface area (Å²) in [5, 5.41) is 2.72. The molecule has 0 radical (unpaired) electrons. The van der Waals surface area contributed by atoms with Crippen molar-refractivity contribution in [2.45, 2.75) is 25.7 Å². The molecule has 8 heteroatoms. The normalized spacial score (nSPS) is 22.6. The van der Waals surface area contributed by atoms with Gasteiger partial charge in [-0.05, 0) is 30.6 Å². The van der Waals surface area contributed by atoms with Gasteiger partial charge in [0.25, 0.3) is 0 Å². The van der Waals surface area contributed by atoms with E-state index in [-0.39, 0.29) is 6.09 Å². The maximum Gasteiger partial charge on any atom is 0.407 e. The maximum absolute atomic E-state index is 11.8. The van der Waals surface area contributed by atoms with Crippen molar-refractivity contribution in [2.24, 2.45) is 23.5 Å². The van der Waals surface area contributed by atoms with E-state index in [0.29, 0.717) is 90.3 Å². The zero-order valence-electron chi connectivity index (χ0n) is 17.4. The maximum atomic E-state index is 11.8. The topological polar surface area (TPSA) is 101 Å². The first kappa shape index (κ1) is 23.9. The van der Waals surface area contributed by atoms with Gasteiger partial charge in [0, 0.05) is 25.9 Å². The first-order chi connectivity index (χ1) is 14.3. The quantitative estimate of drug-likeness (QED) is 0.290. The van der Waals surface area contributed by atoms with E-state index in [9.17, 15) is 4.79 Å². The Morgan fingerprint density at radius 1 is 0.828 bits per heavy atom. The second-order valence-electron chi connectivity index (χ2n) is 7.19. The molecule has 1 fully saturated rings. The highest BCUT2D eigenvalue weighted by Crippen LogP contribution is 2.52. The van der Waals surface area contributed by atoms with E-state index < -0.39 is 0 Å². The Labute approximate surface area is 174 Å². The third kappa shape index (κ3) is 10.8. The SMILES string of the molecule is NCCOCCOCCOCCOCCNC(=O)OCC1C2CCC#CCCC21. The Kier molecular flexibility index (Phi) is 12.7. The molecule has 29 heavy (non-hydrogen) atoms. The number of amides is 1. The number of ether oxygens (including phenoxy) is 5. The zero-order valence-corrected chi connectivity index (χ0v) is 17.4. The Bertz CT molecular complexity index is 489. The van der Waals surface area contributed by atoms with Crippen molar-refractivity contribution in [3.63, 3.8) is 0 Å². The van der Waals surface area contributed by atoms with Crippen molar-refractivity contribution in [2.75, 3.05) is 72.6 Å². The second kappa shape index (κ2) is 15.5. The van der Waals surface area contributed by atoms with Crippen molar-refractivity contribution in [3.05, 3.63) is 0 Å². The second-order valence-corrected chi connectivity index (χ2v) is 7.19. The molecule has 0 aromatic heterocycles. The molecule has 0 spiro atoms. The van der Waals surface area contributed by atoms with Crippen LogP contribution in [0.3, 0.4) is 0 Å². The lowest BCUT2D eigenvalue weighted by molar-refractivity contribution is -0.000649. The van der Waals surface area contributed by atoms with Crippen LogP contribution in [0.15, 0.2) is 0 Å². The van der Waals surface area contributed by atoms with Crippen LogP contribution in [0.4, 0.5) is 4.79 Å². The summed E-state index contributed by atoms with van der Waals surface area (Å²) in [7, 11) is 0. The monoisotopic (exact) mass is 412 g/mol.